The molecule has 0 aliphatic heterocycles. The second-order valence-corrected chi connectivity index (χ2v) is 4.42. The van der Waals surface area contributed by atoms with Crippen LogP contribution >= 0.6 is 0 Å². The van der Waals surface area contributed by atoms with E-state index in [0.29, 0.717) is 5.88 Å². The van der Waals surface area contributed by atoms with Crippen molar-refractivity contribution in [2.24, 2.45) is 0 Å². The van der Waals surface area contributed by atoms with Crippen LogP contribution in [0.25, 0.3) is 11.3 Å². The Morgan fingerprint density at radius 2 is 2.05 bits per heavy atom. The molecule has 0 aromatic carbocycles. The Labute approximate surface area is 119 Å². The first-order valence-corrected chi connectivity index (χ1v) is 6.89. The fourth-order valence-electron chi connectivity index (χ4n) is 1.90. The second-order valence-electron chi connectivity index (χ2n) is 4.42. The first kappa shape index (κ1) is 14.2. The van der Waals surface area contributed by atoms with E-state index in [4.69, 9.17) is 4.74 Å². The topological polar surface area (TPSA) is 59.9 Å². The quantitative estimate of drug-likeness (QED) is 0.876. The van der Waals surface area contributed by atoms with Crippen LogP contribution in [0.1, 0.15) is 26.1 Å². The smallest absolute Gasteiger partial charge is 0.212 e. The zero-order chi connectivity index (χ0) is 14.4. The van der Waals surface area contributed by atoms with Gasteiger partial charge >= 0.3 is 0 Å². The van der Waals surface area contributed by atoms with Gasteiger partial charge in [0.15, 0.2) is 0 Å². The third-order valence-electron chi connectivity index (χ3n) is 2.85. The number of rotatable bonds is 6. The van der Waals surface area contributed by atoms with Crippen molar-refractivity contribution in [3.8, 4) is 17.1 Å². The zero-order valence-electron chi connectivity index (χ0n) is 12.2. The molecule has 0 saturated carbocycles. The van der Waals surface area contributed by atoms with Crippen molar-refractivity contribution in [3.05, 3.63) is 30.2 Å². The summed E-state index contributed by atoms with van der Waals surface area (Å²) in [5.41, 5.74) is 1.85. The number of aryl methyl sites for hydroxylation is 1. The van der Waals surface area contributed by atoms with Crippen molar-refractivity contribution >= 4 is 5.82 Å². The van der Waals surface area contributed by atoms with E-state index in [1.54, 1.807) is 13.3 Å². The Hall–Kier alpha value is -2.17. The van der Waals surface area contributed by atoms with Gasteiger partial charge in [0.25, 0.3) is 0 Å². The maximum atomic E-state index is 5.07. The van der Waals surface area contributed by atoms with E-state index in [9.17, 15) is 0 Å². The van der Waals surface area contributed by atoms with Crippen LogP contribution in [0.2, 0.25) is 0 Å². The molecule has 5 heteroatoms. The molecule has 0 aliphatic carbocycles. The van der Waals surface area contributed by atoms with Gasteiger partial charge < -0.3 is 10.1 Å². The van der Waals surface area contributed by atoms with Gasteiger partial charge in [-0.05, 0) is 19.4 Å². The van der Waals surface area contributed by atoms with Crippen LogP contribution in [-0.4, -0.2) is 28.6 Å². The van der Waals surface area contributed by atoms with E-state index >= 15 is 0 Å². The summed E-state index contributed by atoms with van der Waals surface area (Å²) in [4.78, 5) is 13.3. The molecule has 0 atom stereocenters. The maximum Gasteiger partial charge on any atom is 0.212 e. The summed E-state index contributed by atoms with van der Waals surface area (Å²) in [6, 6.07) is 5.75. The summed E-state index contributed by atoms with van der Waals surface area (Å²) in [6.07, 6.45) is 3.66. The van der Waals surface area contributed by atoms with Gasteiger partial charge in [-0.3, -0.25) is 0 Å². The molecule has 0 radical (unpaired) electrons. The molecular weight excluding hydrogens is 252 g/mol. The van der Waals surface area contributed by atoms with Gasteiger partial charge in [-0.25, -0.2) is 15.0 Å². The third kappa shape index (κ3) is 3.44. The summed E-state index contributed by atoms with van der Waals surface area (Å²) in [5.74, 6) is 2.32. The third-order valence-corrected chi connectivity index (χ3v) is 2.85. The molecule has 1 N–H and O–H groups in total. The first-order valence-electron chi connectivity index (χ1n) is 6.89. The Bertz CT molecular complexity index is 530. The highest BCUT2D eigenvalue weighted by atomic mass is 16.5. The van der Waals surface area contributed by atoms with Crippen LogP contribution in [0.15, 0.2) is 24.4 Å². The molecular formula is C15H20N4O. The van der Waals surface area contributed by atoms with Crippen LogP contribution in [0.4, 0.5) is 5.82 Å². The predicted molar refractivity (Wildman–Crippen MR) is 80.0 cm³/mol. The standard InChI is InChI=1S/C15H20N4O/c1-4-6-13-18-12(9-14(19-13)16-5-2)11-7-8-15(20-3)17-10-11/h7-10H,4-6H2,1-3H3,(H,16,18,19). The second kappa shape index (κ2) is 6.84. The van der Waals surface area contributed by atoms with Crippen molar-refractivity contribution in [1.29, 1.82) is 0 Å². The Kier molecular flexibility index (Phi) is 4.87. The molecule has 0 fully saturated rings. The van der Waals surface area contributed by atoms with Crippen molar-refractivity contribution in [2.45, 2.75) is 26.7 Å². The van der Waals surface area contributed by atoms with Gasteiger partial charge in [-0.2, -0.15) is 0 Å². The highest BCUT2D eigenvalue weighted by Gasteiger charge is 2.07. The van der Waals surface area contributed by atoms with Gasteiger partial charge in [-0.15, -0.1) is 0 Å². The molecule has 0 saturated heterocycles. The van der Waals surface area contributed by atoms with Crippen molar-refractivity contribution in [1.82, 2.24) is 15.0 Å². The number of nitrogens with zero attached hydrogens (tertiary/aromatic N) is 3. The fraction of sp³-hybridized carbons (Fsp3) is 0.400. The number of hydrogen-bond acceptors (Lipinski definition) is 5. The van der Waals surface area contributed by atoms with Crippen LogP contribution < -0.4 is 10.1 Å². The van der Waals surface area contributed by atoms with Gasteiger partial charge in [0.1, 0.15) is 11.6 Å². The monoisotopic (exact) mass is 272 g/mol. The van der Waals surface area contributed by atoms with Crippen LogP contribution in [0.3, 0.4) is 0 Å². The average Bonchev–Trinajstić information content (AvgIpc) is 2.48. The van der Waals surface area contributed by atoms with E-state index in [2.05, 4.69) is 34.1 Å². The predicted octanol–water partition coefficient (Wildman–Crippen LogP) is 2.93. The SMILES string of the molecule is CCCc1nc(NCC)cc(-c2ccc(OC)nc2)n1. The molecule has 2 rings (SSSR count). The van der Waals surface area contributed by atoms with Crippen LogP contribution in [0, 0.1) is 0 Å². The number of pyridine rings is 1. The van der Waals surface area contributed by atoms with Gasteiger partial charge in [0.05, 0.1) is 12.8 Å². The molecule has 0 bridgehead atoms. The van der Waals surface area contributed by atoms with Crippen molar-refractivity contribution in [2.75, 3.05) is 19.0 Å². The summed E-state index contributed by atoms with van der Waals surface area (Å²) in [7, 11) is 1.61. The summed E-state index contributed by atoms with van der Waals surface area (Å²) in [6.45, 7) is 5.01. The number of methoxy groups -OCH3 is 1. The van der Waals surface area contributed by atoms with Crippen LogP contribution in [-0.2, 0) is 6.42 Å². The summed E-state index contributed by atoms with van der Waals surface area (Å²) in [5, 5.41) is 3.24. The van der Waals surface area contributed by atoms with E-state index in [1.165, 1.54) is 0 Å². The molecule has 2 aromatic rings. The minimum absolute atomic E-state index is 0.600. The highest BCUT2D eigenvalue weighted by molar-refractivity contribution is 5.62. The molecule has 0 unspecified atom stereocenters. The summed E-state index contributed by atoms with van der Waals surface area (Å²) >= 11 is 0. The van der Waals surface area contributed by atoms with E-state index in [0.717, 1.165) is 42.3 Å². The molecule has 0 spiro atoms. The van der Waals surface area contributed by atoms with Crippen LogP contribution in [0.5, 0.6) is 5.88 Å². The first-order chi connectivity index (χ1) is 9.76. The molecule has 20 heavy (non-hydrogen) atoms. The maximum absolute atomic E-state index is 5.07. The molecule has 2 heterocycles. The molecule has 0 aliphatic rings. The lowest BCUT2D eigenvalue weighted by atomic mass is 10.2. The number of hydrogen-bond donors (Lipinski definition) is 1. The Morgan fingerprint density at radius 3 is 2.65 bits per heavy atom. The van der Waals surface area contributed by atoms with E-state index in [1.807, 2.05) is 18.2 Å². The van der Waals surface area contributed by atoms with Crippen molar-refractivity contribution in [3.63, 3.8) is 0 Å². The lowest BCUT2D eigenvalue weighted by Crippen LogP contribution is -2.04. The minimum atomic E-state index is 0.600. The van der Waals surface area contributed by atoms with Crippen molar-refractivity contribution < 1.29 is 4.74 Å². The van der Waals surface area contributed by atoms with Gasteiger partial charge in [0, 0.05) is 36.9 Å². The summed E-state index contributed by atoms with van der Waals surface area (Å²) < 4.78 is 5.07. The molecule has 2 aromatic heterocycles. The Balaban J connectivity index is 2.37. The molecule has 5 nitrogen and oxygen atoms in total. The van der Waals surface area contributed by atoms with Gasteiger partial charge in [-0.1, -0.05) is 6.92 Å². The lowest BCUT2D eigenvalue weighted by molar-refractivity contribution is 0.398. The number of anilines is 1. The zero-order valence-corrected chi connectivity index (χ0v) is 12.2. The van der Waals surface area contributed by atoms with E-state index < -0.39 is 0 Å². The number of ether oxygens (including phenoxy) is 1. The largest absolute Gasteiger partial charge is 0.481 e. The molecule has 106 valence electrons. The lowest BCUT2D eigenvalue weighted by Gasteiger charge is -2.09. The normalized spacial score (nSPS) is 10.3. The van der Waals surface area contributed by atoms with Gasteiger partial charge in [0.2, 0.25) is 5.88 Å². The Morgan fingerprint density at radius 1 is 1.20 bits per heavy atom. The minimum Gasteiger partial charge on any atom is -0.481 e. The fourth-order valence-corrected chi connectivity index (χ4v) is 1.90. The van der Waals surface area contributed by atoms with E-state index in [-0.39, 0.29) is 0 Å². The number of nitrogens with one attached hydrogen (secondary N) is 1. The number of aromatic nitrogens is 3. The highest BCUT2D eigenvalue weighted by Crippen LogP contribution is 2.21. The molecule has 0 amide bonds. The average molecular weight is 272 g/mol.